The van der Waals surface area contributed by atoms with Crippen molar-refractivity contribution >= 4 is 76.3 Å². The molecule has 0 aliphatic rings. The maximum absolute atomic E-state index is 6.45. The van der Waals surface area contributed by atoms with Gasteiger partial charge in [-0.1, -0.05) is 115 Å². The van der Waals surface area contributed by atoms with Gasteiger partial charge in [0.05, 0.1) is 11.1 Å². The van der Waals surface area contributed by atoms with Gasteiger partial charge in [-0.05, 0) is 46.5 Å². The van der Waals surface area contributed by atoms with Crippen LogP contribution in [0.5, 0.6) is 0 Å². The molecule has 0 fully saturated rings. The summed E-state index contributed by atoms with van der Waals surface area (Å²) in [6.07, 6.45) is 0. The van der Waals surface area contributed by atoms with Gasteiger partial charge < -0.3 is 8.83 Å². The average molecular weight is 641 g/mol. The Morgan fingerprint density at radius 2 is 0.960 bits per heavy atom. The maximum Gasteiger partial charge on any atom is 0.182 e. The van der Waals surface area contributed by atoms with E-state index < -0.39 is 0 Å². The first-order chi connectivity index (χ1) is 24.8. The summed E-state index contributed by atoms with van der Waals surface area (Å²) in [4.78, 5) is 20.7. The van der Waals surface area contributed by atoms with E-state index in [1.54, 1.807) is 0 Å². The summed E-state index contributed by atoms with van der Waals surface area (Å²) in [5.74, 6) is 1.51. The predicted octanol–water partition coefficient (Wildman–Crippen LogP) is 11.5. The molecule has 0 N–H and O–H groups in total. The highest BCUT2D eigenvalue weighted by atomic mass is 16.3. The quantitative estimate of drug-likeness (QED) is 0.179. The van der Waals surface area contributed by atoms with Gasteiger partial charge in [-0.3, -0.25) is 0 Å². The Morgan fingerprint density at radius 3 is 1.86 bits per heavy atom. The fraction of sp³-hybridized carbons (Fsp3) is 0. The van der Waals surface area contributed by atoms with E-state index in [0.717, 1.165) is 76.7 Å². The predicted molar refractivity (Wildman–Crippen MR) is 201 cm³/mol. The second kappa shape index (κ2) is 10.3. The molecule has 4 aromatic heterocycles. The van der Waals surface area contributed by atoms with Crippen LogP contribution in [0.15, 0.2) is 154 Å². The van der Waals surface area contributed by atoms with E-state index in [2.05, 4.69) is 72.8 Å². The van der Waals surface area contributed by atoms with E-state index in [4.69, 9.17) is 28.8 Å². The first kappa shape index (κ1) is 27.1. The number of pyridine rings is 1. The summed E-state index contributed by atoms with van der Waals surface area (Å²) in [6, 6.07) is 49.4. The van der Waals surface area contributed by atoms with Crippen molar-refractivity contribution in [2.75, 3.05) is 0 Å². The molecule has 0 aliphatic carbocycles. The van der Waals surface area contributed by atoms with Gasteiger partial charge in [-0.2, -0.15) is 0 Å². The Morgan fingerprint density at radius 1 is 0.340 bits per heavy atom. The van der Waals surface area contributed by atoms with Crippen molar-refractivity contribution in [3.05, 3.63) is 146 Å². The van der Waals surface area contributed by atoms with Crippen molar-refractivity contribution in [2.45, 2.75) is 0 Å². The number of nitrogens with zero attached hydrogens (tertiary/aromatic N) is 4. The number of para-hydroxylation sites is 3. The SMILES string of the molecule is c1ccc2c(c1)ccc1c2ccc2ccc(-c3nc(-c4cccc5c4oc4ccccc45)nc(-c4cccc5oc6ccccc6c45)n3)nc21. The van der Waals surface area contributed by atoms with Crippen LogP contribution in [0.1, 0.15) is 0 Å². The lowest BCUT2D eigenvalue weighted by Crippen LogP contribution is -2.02. The maximum atomic E-state index is 6.45. The van der Waals surface area contributed by atoms with Crippen LogP contribution in [0.4, 0.5) is 0 Å². The van der Waals surface area contributed by atoms with Crippen molar-refractivity contribution < 1.29 is 8.83 Å². The lowest BCUT2D eigenvalue weighted by molar-refractivity contribution is 0.668. The molecule has 232 valence electrons. The topological polar surface area (TPSA) is 77.8 Å². The van der Waals surface area contributed by atoms with Crippen LogP contribution in [-0.4, -0.2) is 19.9 Å². The van der Waals surface area contributed by atoms with Crippen LogP contribution in [0.3, 0.4) is 0 Å². The molecule has 11 rings (SSSR count). The Bertz CT molecular complexity index is 3180. The fourth-order valence-electron chi connectivity index (χ4n) is 7.42. The molecule has 0 atom stereocenters. The highest BCUT2D eigenvalue weighted by molar-refractivity contribution is 6.16. The molecule has 0 bridgehead atoms. The number of furan rings is 2. The number of rotatable bonds is 3. The van der Waals surface area contributed by atoms with Crippen molar-refractivity contribution in [1.82, 2.24) is 19.9 Å². The highest BCUT2D eigenvalue weighted by Crippen LogP contribution is 2.39. The van der Waals surface area contributed by atoms with E-state index in [-0.39, 0.29) is 0 Å². The molecule has 0 saturated heterocycles. The van der Waals surface area contributed by atoms with E-state index >= 15 is 0 Å². The minimum absolute atomic E-state index is 0.475. The van der Waals surface area contributed by atoms with Crippen LogP contribution in [0, 0.1) is 0 Å². The van der Waals surface area contributed by atoms with Gasteiger partial charge in [-0.25, -0.2) is 19.9 Å². The molecule has 0 amide bonds. The van der Waals surface area contributed by atoms with Gasteiger partial charge in [0.15, 0.2) is 17.5 Å². The second-order valence-corrected chi connectivity index (χ2v) is 12.6. The van der Waals surface area contributed by atoms with Crippen LogP contribution in [-0.2, 0) is 0 Å². The highest BCUT2D eigenvalue weighted by Gasteiger charge is 2.21. The van der Waals surface area contributed by atoms with E-state index in [9.17, 15) is 0 Å². The summed E-state index contributed by atoms with van der Waals surface area (Å²) in [5, 5.41) is 9.70. The van der Waals surface area contributed by atoms with Gasteiger partial charge in [0.25, 0.3) is 0 Å². The van der Waals surface area contributed by atoms with Gasteiger partial charge in [0.2, 0.25) is 0 Å². The van der Waals surface area contributed by atoms with Crippen molar-refractivity contribution in [2.24, 2.45) is 0 Å². The van der Waals surface area contributed by atoms with Gasteiger partial charge >= 0.3 is 0 Å². The number of fused-ring (bicyclic) bond motifs is 11. The smallest absolute Gasteiger partial charge is 0.182 e. The minimum atomic E-state index is 0.475. The minimum Gasteiger partial charge on any atom is -0.456 e. The Kier molecular flexibility index (Phi) is 5.57. The molecular weight excluding hydrogens is 617 g/mol. The summed E-state index contributed by atoms with van der Waals surface area (Å²) in [5.41, 5.74) is 6.32. The van der Waals surface area contributed by atoms with Crippen LogP contribution in [0.2, 0.25) is 0 Å². The Balaban J connectivity index is 1.20. The van der Waals surface area contributed by atoms with Gasteiger partial charge in [0, 0.05) is 37.9 Å². The third-order valence-electron chi connectivity index (χ3n) is 9.73. The second-order valence-electron chi connectivity index (χ2n) is 12.6. The standard InChI is InChI=1S/C44H24N4O2/c1-2-10-27-25(9-1)19-23-30-28(27)22-20-26-21-24-35(45-40(26)30)44-47-42(33-14-8-18-38-39(33)32-12-4-6-17-37(32)49-38)46-43(48-44)34-15-7-13-31-29-11-3-5-16-36(29)50-41(31)34/h1-24H. The zero-order valence-electron chi connectivity index (χ0n) is 26.5. The molecule has 0 spiro atoms. The lowest BCUT2D eigenvalue weighted by Gasteiger charge is -2.11. The van der Waals surface area contributed by atoms with E-state index in [1.807, 2.05) is 72.8 Å². The molecular formula is C44H24N4O2. The molecule has 7 aromatic carbocycles. The van der Waals surface area contributed by atoms with E-state index in [1.165, 1.54) is 10.8 Å². The van der Waals surface area contributed by atoms with Crippen molar-refractivity contribution in [3.63, 3.8) is 0 Å². The normalized spacial score (nSPS) is 12.0. The monoisotopic (exact) mass is 640 g/mol. The Labute approximate surface area is 284 Å². The number of aromatic nitrogens is 4. The number of hydrogen-bond donors (Lipinski definition) is 0. The molecule has 50 heavy (non-hydrogen) atoms. The van der Waals surface area contributed by atoms with Crippen LogP contribution >= 0.6 is 0 Å². The zero-order valence-corrected chi connectivity index (χ0v) is 26.5. The molecule has 6 heteroatoms. The zero-order chi connectivity index (χ0) is 32.8. The third kappa shape index (κ3) is 3.96. The summed E-state index contributed by atoms with van der Waals surface area (Å²) in [7, 11) is 0. The largest absolute Gasteiger partial charge is 0.456 e. The first-order valence-corrected chi connectivity index (χ1v) is 16.6. The summed E-state index contributed by atoms with van der Waals surface area (Å²) >= 11 is 0. The number of hydrogen-bond acceptors (Lipinski definition) is 6. The molecule has 0 radical (unpaired) electrons. The average Bonchev–Trinajstić information content (AvgIpc) is 3.76. The van der Waals surface area contributed by atoms with Crippen molar-refractivity contribution in [1.29, 1.82) is 0 Å². The summed E-state index contributed by atoms with van der Waals surface area (Å²) in [6.45, 7) is 0. The van der Waals surface area contributed by atoms with Crippen molar-refractivity contribution in [3.8, 4) is 34.3 Å². The van der Waals surface area contributed by atoms with Gasteiger partial charge in [-0.15, -0.1) is 0 Å². The molecule has 0 unspecified atom stereocenters. The molecule has 4 heterocycles. The first-order valence-electron chi connectivity index (χ1n) is 16.6. The molecule has 11 aromatic rings. The Hall–Kier alpha value is -6.92. The van der Waals surface area contributed by atoms with Crippen LogP contribution < -0.4 is 0 Å². The number of benzene rings is 7. The fourth-order valence-corrected chi connectivity index (χ4v) is 7.42. The molecule has 0 saturated carbocycles. The third-order valence-corrected chi connectivity index (χ3v) is 9.73. The molecule has 0 aliphatic heterocycles. The van der Waals surface area contributed by atoms with Crippen LogP contribution in [0.25, 0.3) is 111 Å². The van der Waals surface area contributed by atoms with Gasteiger partial charge in [0.1, 0.15) is 28.0 Å². The lowest BCUT2D eigenvalue weighted by atomic mass is 9.99. The van der Waals surface area contributed by atoms with E-state index in [0.29, 0.717) is 23.2 Å². The molecule has 6 nitrogen and oxygen atoms in total. The summed E-state index contributed by atoms with van der Waals surface area (Å²) < 4.78 is 12.7.